The summed E-state index contributed by atoms with van der Waals surface area (Å²) >= 11 is 10.1. The molecule has 0 saturated heterocycles. The van der Waals surface area contributed by atoms with E-state index in [9.17, 15) is 0 Å². The van der Waals surface area contributed by atoms with Gasteiger partial charge in [-0.05, 0) is 0 Å². The van der Waals surface area contributed by atoms with Gasteiger partial charge < -0.3 is 10.4 Å². The predicted octanol–water partition coefficient (Wildman–Crippen LogP) is 0.287. The molecular formula is C3H7BCl2N2O2. The Kier molecular flexibility index (Phi) is 14.0. The third kappa shape index (κ3) is 49.2. The number of hydrogen-bond acceptors (Lipinski definition) is 4. The SMILES string of the molecule is BC(Cl)Cl.ON=CC=NO. The lowest BCUT2D eigenvalue weighted by Crippen LogP contribution is -1.75. The van der Waals surface area contributed by atoms with Gasteiger partial charge in [0.05, 0.1) is 17.2 Å². The number of oxime groups is 2. The van der Waals surface area contributed by atoms with Crippen LogP contribution in [0.25, 0.3) is 0 Å². The topological polar surface area (TPSA) is 65.2 Å². The first kappa shape index (κ1) is 12.3. The van der Waals surface area contributed by atoms with Gasteiger partial charge in [0.1, 0.15) is 7.85 Å². The molecule has 0 unspecified atom stereocenters. The molecule has 0 aromatic heterocycles. The Morgan fingerprint density at radius 3 is 1.50 bits per heavy atom. The van der Waals surface area contributed by atoms with E-state index in [1.807, 2.05) is 0 Å². The maximum Gasteiger partial charge on any atom is 0.144 e. The molecular weight excluding hydrogens is 178 g/mol. The molecule has 0 radical (unpaired) electrons. The zero-order valence-electron chi connectivity index (χ0n) is 5.28. The number of hydrogen-bond donors (Lipinski definition) is 2. The van der Waals surface area contributed by atoms with Crippen LogP contribution >= 0.6 is 23.2 Å². The largest absolute Gasteiger partial charge is 0.411 e. The van der Waals surface area contributed by atoms with Gasteiger partial charge in [0, 0.05) is 0 Å². The van der Waals surface area contributed by atoms with Crippen LogP contribution in [0.15, 0.2) is 10.3 Å². The molecule has 0 aromatic carbocycles. The van der Waals surface area contributed by atoms with Crippen molar-refractivity contribution < 1.29 is 10.4 Å². The summed E-state index contributed by atoms with van der Waals surface area (Å²) in [6.07, 6.45) is 1.89. The van der Waals surface area contributed by atoms with Gasteiger partial charge in [-0.1, -0.05) is 10.3 Å². The maximum absolute atomic E-state index is 7.56. The van der Waals surface area contributed by atoms with Crippen molar-refractivity contribution in [3.8, 4) is 0 Å². The molecule has 0 aliphatic heterocycles. The predicted molar refractivity (Wildman–Crippen MR) is 44.6 cm³/mol. The Bertz CT molecular complexity index is 95.9. The van der Waals surface area contributed by atoms with Crippen LogP contribution in [0.3, 0.4) is 0 Å². The average molecular weight is 185 g/mol. The molecule has 0 amide bonds. The van der Waals surface area contributed by atoms with E-state index < -0.39 is 0 Å². The first-order chi connectivity index (χ1) is 4.65. The quantitative estimate of drug-likeness (QED) is 0.202. The smallest absolute Gasteiger partial charge is 0.144 e. The lowest BCUT2D eigenvalue weighted by Gasteiger charge is -1.71. The summed E-state index contributed by atoms with van der Waals surface area (Å²) in [5, 5.41) is 20.1. The Labute approximate surface area is 69.5 Å². The Balaban J connectivity index is 0. The molecule has 0 aliphatic carbocycles. The molecule has 7 heteroatoms. The molecule has 2 N–H and O–H groups in total. The van der Waals surface area contributed by atoms with E-state index in [1.54, 1.807) is 7.85 Å². The standard InChI is InChI=1S/C2H4N2O2.CH3BCl2/c5-3-1-2-4-6;2-1(3)4/h1-2,5-6H;1H,2H2. The van der Waals surface area contributed by atoms with Crippen LogP contribution in [0.2, 0.25) is 0 Å². The molecule has 4 nitrogen and oxygen atoms in total. The van der Waals surface area contributed by atoms with E-state index in [-0.39, 0.29) is 4.74 Å². The fraction of sp³-hybridized carbons (Fsp3) is 0.333. The number of alkyl halides is 2. The van der Waals surface area contributed by atoms with Crippen molar-refractivity contribution in [1.29, 1.82) is 0 Å². The Hall–Kier alpha value is -0.415. The number of nitrogens with zero attached hydrogens (tertiary/aromatic N) is 2. The number of rotatable bonds is 1. The molecule has 0 spiro atoms. The third-order valence-corrected chi connectivity index (χ3v) is 0.200. The highest BCUT2D eigenvalue weighted by atomic mass is 35.5. The minimum absolute atomic E-state index is 0.222. The molecule has 0 saturated carbocycles. The van der Waals surface area contributed by atoms with Gasteiger partial charge >= 0.3 is 0 Å². The maximum atomic E-state index is 7.56. The first-order valence-corrected chi connectivity index (χ1v) is 3.14. The van der Waals surface area contributed by atoms with E-state index in [2.05, 4.69) is 10.3 Å². The second-order valence-electron chi connectivity index (χ2n) is 1.05. The van der Waals surface area contributed by atoms with Crippen molar-refractivity contribution >= 4 is 43.5 Å². The molecule has 0 atom stereocenters. The minimum atomic E-state index is -0.222. The van der Waals surface area contributed by atoms with E-state index in [1.165, 1.54) is 0 Å². The fourth-order valence-electron chi connectivity index (χ4n) is 0.0596. The normalized spacial score (nSPS) is 10.3. The summed E-state index contributed by atoms with van der Waals surface area (Å²) in [7, 11) is 1.70. The molecule has 10 heavy (non-hydrogen) atoms. The van der Waals surface area contributed by atoms with Gasteiger partial charge in [0.15, 0.2) is 0 Å². The van der Waals surface area contributed by atoms with Gasteiger partial charge in [0.25, 0.3) is 0 Å². The molecule has 0 rings (SSSR count). The molecule has 0 aliphatic rings. The summed E-state index contributed by atoms with van der Waals surface area (Å²) in [5.41, 5.74) is 0. The van der Waals surface area contributed by atoms with Gasteiger partial charge in [-0.2, -0.15) is 0 Å². The van der Waals surface area contributed by atoms with Crippen molar-refractivity contribution in [2.75, 3.05) is 0 Å². The van der Waals surface area contributed by atoms with Crippen LogP contribution < -0.4 is 0 Å². The Morgan fingerprint density at radius 2 is 1.40 bits per heavy atom. The zero-order chi connectivity index (χ0) is 8.41. The Morgan fingerprint density at radius 1 is 1.20 bits per heavy atom. The third-order valence-electron chi connectivity index (χ3n) is 0.200. The summed E-state index contributed by atoms with van der Waals surface area (Å²) < 4.78 is -0.222. The van der Waals surface area contributed by atoms with E-state index in [4.69, 9.17) is 33.6 Å². The van der Waals surface area contributed by atoms with Crippen LogP contribution in [0.4, 0.5) is 0 Å². The summed E-state index contributed by atoms with van der Waals surface area (Å²) in [6.45, 7) is 0. The summed E-state index contributed by atoms with van der Waals surface area (Å²) in [4.78, 5) is 0. The highest BCUT2D eigenvalue weighted by Crippen LogP contribution is 1.90. The highest BCUT2D eigenvalue weighted by molar-refractivity contribution is 6.60. The molecule has 0 aromatic rings. The number of halogens is 2. The van der Waals surface area contributed by atoms with Crippen LogP contribution in [0, 0.1) is 0 Å². The van der Waals surface area contributed by atoms with Gasteiger partial charge in [-0.25, -0.2) is 0 Å². The van der Waals surface area contributed by atoms with Gasteiger partial charge in [-0.15, -0.1) is 23.2 Å². The highest BCUT2D eigenvalue weighted by Gasteiger charge is 1.76. The van der Waals surface area contributed by atoms with Crippen molar-refractivity contribution in [2.24, 2.45) is 10.3 Å². The van der Waals surface area contributed by atoms with Gasteiger partial charge in [0.2, 0.25) is 0 Å². The van der Waals surface area contributed by atoms with E-state index in [0.717, 1.165) is 12.4 Å². The summed E-state index contributed by atoms with van der Waals surface area (Å²) in [5.74, 6) is 0. The lowest BCUT2D eigenvalue weighted by atomic mass is 10.2. The zero-order valence-corrected chi connectivity index (χ0v) is 6.79. The van der Waals surface area contributed by atoms with Crippen LogP contribution in [0.1, 0.15) is 0 Å². The monoisotopic (exact) mass is 184 g/mol. The first-order valence-electron chi connectivity index (χ1n) is 2.26. The molecule has 0 bridgehead atoms. The molecule has 0 heterocycles. The van der Waals surface area contributed by atoms with Crippen molar-refractivity contribution in [3.63, 3.8) is 0 Å². The average Bonchev–Trinajstić information content (AvgIpc) is 1.82. The summed E-state index contributed by atoms with van der Waals surface area (Å²) in [6, 6.07) is 0. The van der Waals surface area contributed by atoms with Crippen molar-refractivity contribution in [3.05, 3.63) is 0 Å². The lowest BCUT2D eigenvalue weighted by molar-refractivity contribution is 0.317. The van der Waals surface area contributed by atoms with Crippen molar-refractivity contribution in [2.45, 2.75) is 4.74 Å². The molecule has 0 fully saturated rings. The van der Waals surface area contributed by atoms with E-state index in [0.29, 0.717) is 0 Å². The van der Waals surface area contributed by atoms with Gasteiger partial charge in [-0.3, -0.25) is 0 Å². The van der Waals surface area contributed by atoms with Crippen LogP contribution in [-0.4, -0.2) is 35.4 Å². The van der Waals surface area contributed by atoms with Crippen molar-refractivity contribution in [1.82, 2.24) is 0 Å². The minimum Gasteiger partial charge on any atom is -0.411 e. The second kappa shape index (κ2) is 11.4. The molecule has 58 valence electrons. The second-order valence-corrected chi connectivity index (χ2v) is 2.58. The van der Waals surface area contributed by atoms with Crippen LogP contribution in [0.5, 0.6) is 0 Å². The fourth-order valence-corrected chi connectivity index (χ4v) is 0.0596. The van der Waals surface area contributed by atoms with Crippen LogP contribution in [-0.2, 0) is 0 Å². The van der Waals surface area contributed by atoms with E-state index >= 15 is 0 Å².